The molecular weight excluding hydrogens is 388 g/mol. The second-order valence-electron chi connectivity index (χ2n) is 6.72. The molecule has 0 saturated heterocycles. The molecule has 3 rings (SSSR count). The number of nitrogens with zero attached hydrogens (tertiary/aromatic N) is 1. The molecule has 0 spiro atoms. The van der Waals surface area contributed by atoms with Crippen LogP contribution in [0.15, 0.2) is 57.9 Å². The van der Waals surface area contributed by atoms with E-state index in [9.17, 15) is 9.59 Å². The average Bonchev–Trinajstić information content (AvgIpc) is 3.09. The molecule has 1 N–H and O–H groups in total. The molecule has 2 aromatic carbocycles. The van der Waals surface area contributed by atoms with Gasteiger partial charge in [-0.05, 0) is 56.2 Å². The van der Waals surface area contributed by atoms with Crippen LogP contribution in [0.1, 0.15) is 32.9 Å². The van der Waals surface area contributed by atoms with Crippen LogP contribution in [-0.4, -0.2) is 23.6 Å². The Labute approximate surface area is 173 Å². The minimum absolute atomic E-state index is 0.355. The van der Waals surface area contributed by atoms with Crippen molar-refractivity contribution < 1.29 is 18.8 Å². The van der Waals surface area contributed by atoms with Gasteiger partial charge in [-0.2, -0.15) is 0 Å². The van der Waals surface area contributed by atoms with Gasteiger partial charge in [-0.3, -0.25) is 4.79 Å². The third kappa shape index (κ3) is 5.96. The average molecular weight is 410 g/mol. The quantitative estimate of drug-likeness (QED) is 0.450. The Kier molecular flexibility index (Phi) is 6.72. The Balaban J connectivity index is 1.58. The fourth-order valence-electron chi connectivity index (χ4n) is 2.85. The molecule has 6 nitrogen and oxygen atoms in total. The summed E-state index contributed by atoms with van der Waals surface area (Å²) in [6.07, 6.45) is 0. The van der Waals surface area contributed by atoms with Crippen molar-refractivity contribution in [1.82, 2.24) is 5.16 Å². The summed E-state index contributed by atoms with van der Waals surface area (Å²) in [4.78, 5) is 25.4. The van der Waals surface area contributed by atoms with E-state index in [2.05, 4.69) is 10.5 Å². The second kappa shape index (κ2) is 9.43. The highest BCUT2D eigenvalue weighted by Gasteiger charge is 2.15. The van der Waals surface area contributed by atoms with Gasteiger partial charge >= 0.3 is 5.97 Å². The van der Waals surface area contributed by atoms with Gasteiger partial charge in [0.2, 0.25) is 0 Å². The Morgan fingerprint density at radius 2 is 1.79 bits per heavy atom. The number of esters is 1. The standard InChI is InChI=1S/C22H22N2O4S/c1-14-8-15(2)10-17(9-14)23-21(25)12-27-22(26)19-6-4-5-7-20(19)29-13-18-11-16(3)24-28-18/h4-11H,12-13H2,1-3H3,(H,23,25). The van der Waals surface area contributed by atoms with Crippen molar-refractivity contribution in [2.24, 2.45) is 0 Å². The number of thioether (sulfide) groups is 1. The van der Waals surface area contributed by atoms with Crippen molar-refractivity contribution in [3.05, 3.63) is 76.7 Å². The molecule has 29 heavy (non-hydrogen) atoms. The molecule has 7 heteroatoms. The lowest BCUT2D eigenvalue weighted by Crippen LogP contribution is -2.21. The zero-order chi connectivity index (χ0) is 20.8. The van der Waals surface area contributed by atoms with Crippen LogP contribution >= 0.6 is 11.8 Å². The van der Waals surface area contributed by atoms with Crippen LogP contribution in [0.2, 0.25) is 0 Å². The molecule has 150 valence electrons. The number of carbonyl (C=O) groups excluding carboxylic acids is 2. The summed E-state index contributed by atoms with van der Waals surface area (Å²) in [5.74, 6) is 0.338. The van der Waals surface area contributed by atoms with Gasteiger partial charge in [-0.25, -0.2) is 4.79 Å². The maximum Gasteiger partial charge on any atom is 0.339 e. The van der Waals surface area contributed by atoms with Crippen molar-refractivity contribution in [3.8, 4) is 0 Å². The summed E-state index contributed by atoms with van der Waals surface area (Å²) in [5.41, 5.74) is 3.99. The van der Waals surface area contributed by atoms with Crippen LogP contribution in [0.3, 0.4) is 0 Å². The van der Waals surface area contributed by atoms with E-state index in [1.54, 1.807) is 12.1 Å². The van der Waals surface area contributed by atoms with Gasteiger partial charge in [0.05, 0.1) is 17.0 Å². The van der Waals surface area contributed by atoms with Crippen molar-refractivity contribution in [2.45, 2.75) is 31.4 Å². The van der Waals surface area contributed by atoms with Gasteiger partial charge in [-0.15, -0.1) is 11.8 Å². The van der Waals surface area contributed by atoms with Crippen molar-refractivity contribution in [2.75, 3.05) is 11.9 Å². The third-order valence-electron chi connectivity index (χ3n) is 3.99. The SMILES string of the molecule is Cc1cc(C)cc(NC(=O)COC(=O)c2ccccc2SCc2cc(C)no2)c1. The van der Waals surface area contributed by atoms with Gasteiger partial charge < -0.3 is 14.6 Å². The van der Waals surface area contributed by atoms with Crippen LogP contribution in [0.4, 0.5) is 5.69 Å². The monoisotopic (exact) mass is 410 g/mol. The van der Waals surface area contributed by atoms with Gasteiger partial charge in [0.15, 0.2) is 6.61 Å². The van der Waals surface area contributed by atoms with Crippen molar-refractivity contribution in [3.63, 3.8) is 0 Å². The van der Waals surface area contributed by atoms with Crippen LogP contribution < -0.4 is 5.32 Å². The molecule has 0 aliphatic rings. The number of hydrogen-bond donors (Lipinski definition) is 1. The molecule has 3 aromatic rings. The first-order chi connectivity index (χ1) is 13.9. The van der Waals surface area contributed by atoms with Crippen LogP contribution in [0.25, 0.3) is 0 Å². The molecule has 0 radical (unpaired) electrons. The lowest BCUT2D eigenvalue weighted by atomic mass is 10.1. The maximum absolute atomic E-state index is 12.5. The number of amides is 1. The van der Waals surface area contributed by atoms with Crippen molar-refractivity contribution in [1.29, 1.82) is 0 Å². The molecule has 0 aliphatic carbocycles. The minimum Gasteiger partial charge on any atom is -0.452 e. The first kappa shape index (κ1) is 20.7. The molecule has 1 amide bonds. The largest absolute Gasteiger partial charge is 0.452 e. The number of carbonyl (C=O) groups is 2. The van der Waals surface area contributed by atoms with Gasteiger partial charge in [0.1, 0.15) is 5.76 Å². The zero-order valence-corrected chi connectivity index (χ0v) is 17.3. The summed E-state index contributed by atoms with van der Waals surface area (Å²) < 4.78 is 10.4. The summed E-state index contributed by atoms with van der Waals surface area (Å²) >= 11 is 1.45. The van der Waals surface area contributed by atoms with E-state index in [4.69, 9.17) is 9.26 Å². The molecule has 0 atom stereocenters. The van der Waals surface area contributed by atoms with Crippen LogP contribution in [-0.2, 0) is 15.3 Å². The molecule has 1 aromatic heterocycles. The Morgan fingerprint density at radius 3 is 2.48 bits per heavy atom. The van der Waals surface area contributed by atoms with E-state index in [1.807, 2.05) is 57.2 Å². The zero-order valence-electron chi connectivity index (χ0n) is 16.5. The Morgan fingerprint density at radius 1 is 1.07 bits per heavy atom. The first-order valence-electron chi connectivity index (χ1n) is 9.10. The Bertz CT molecular complexity index is 1010. The molecular formula is C22H22N2O4S. The summed E-state index contributed by atoms with van der Waals surface area (Å²) in [6, 6.07) is 14.7. The summed E-state index contributed by atoms with van der Waals surface area (Å²) in [5, 5.41) is 6.61. The molecule has 0 unspecified atom stereocenters. The van der Waals surface area contributed by atoms with Crippen molar-refractivity contribution >= 4 is 29.3 Å². The van der Waals surface area contributed by atoms with Gasteiger partial charge in [0, 0.05) is 16.6 Å². The van der Waals surface area contributed by atoms with E-state index in [0.717, 1.165) is 27.5 Å². The summed E-state index contributed by atoms with van der Waals surface area (Å²) in [7, 11) is 0. The normalized spacial score (nSPS) is 10.6. The van der Waals surface area contributed by atoms with E-state index >= 15 is 0 Å². The lowest BCUT2D eigenvalue weighted by molar-refractivity contribution is -0.119. The fourth-order valence-corrected chi connectivity index (χ4v) is 3.76. The number of benzene rings is 2. The molecule has 1 heterocycles. The summed E-state index contributed by atoms with van der Waals surface area (Å²) in [6.45, 7) is 5.41. The van der Waals surface area contributed by atoms with Crippen LogP contribution in [0, 0.1) is 20.8 Å². The van der Waals surface area contributed by atoms with E-state index in [-0.39, 0.29) is 12.5 Å². The van der Waals surface area contributed by atoms with Gasteiger partial charge in [-0.1, -0.05) is 23.4 Å². The second-order valence-corrected chi connectivity index (χ2v) is 7.74. The highest BCUT2D eigenvalue weighted by atomic mass is 32.2. The smallest absolute Gasteiger partial charge is 0.339 e. The Hall–Kier alpha value is -3.06. The number of nitrogens with one attached hydrogen (secondary N) is 1. The number of aryl methyl sites for hydroxylation is 3. The highest BCUT2D eigenvalue weighted by Crippen LogP contribution is 2.27. The first-order valence-corrected chi connectivity index (χ1v) is 10.1. The van der Waals surface area contributed by atoms with E-state index in [0.29, 0.717) is 17.0 Å². The number of ether oxygens (including phenoxy) is 1. The minimum atomic E-state index is -0.544. The number of anilines is 1. The van der Waals surface area contributed by atoms with Gasteiger partial charge in [0.25, 0.3) is 5.91 Å². The number of hydrogen-bond acceptors (Lipinski definition) is 6. The number of rotatable bonds is 7. The third-order valence-corrected chi connectivity index (χ3v) is 5.09. The topological polar surface area (TPSA) is 81.4 Å². The van der Waals surface area contributed by atoms with E-state index in [1.165, 1.54) is 11.8 Å². The highest BCUT2D eigenvalue weighted by molar-refractivity contribution is 7.98. The predicted octanol–water partition coefficient (Wildman–Crippen LogP) is 4.69. The maximum atomic E-state index is 12.5. The predicted molar refractivity (Wildman–Crippen MR) is 112 cm³/mol. The fraction of sp³-hybridized carbons (Fsp3) is 0.227. The lowest BCUT2D eigenvalue weighted by Gasteiger charge is -2.10. The van der Waals surface area contributed by atoms with Crippen LogP contribution in [0.5, 0.6) is 0 Å². The molecule has 0 bridgehead atoms. The molecule has 0 saturated carbocycles. The molecule has 0 aliphatic heterocycles. The van der Waals surface area contributed by atoms with E-state index < -0.39 is 5.97 Å². The number of aromatic nitrogens is 1. The molecule has 0 fully saturated rings.